The topological polar surface area (TPSA) is 125 Å². The molecule has 2 amide bonds. The molecule has 0 saturated heterocycles. The Hall–Kier alpha value is -1.27. The Balaban J connectivity index is 2.82. The molecule has 1 aromatic rings. The van der Waals surface area contributed by atoms with Crippen molar-refractivity contribution in [2.45, 2.75) is 0 Å². The van der Waals surface area contributed by atoms with E-state index in [0.717, 1.165) is 0 Å². The number of hydrazine groups is 1. The second kappa shape index (κ2) is 4.50. The molecule has 0 saturated carbocycles. The van der Waals surface area contributed by atoms with Gasteiger partial charge in [-0.15, -0.1) is 0 Å². The first-order chi connectivity index (χ1) is 6.93. The van der Waals surface area contributed by atoms with E-state index in [1.165, 1.54) is 24.3 Å². The van der Waals surface area contributed by atoms with E-state index in [4.69, 9.17) is 14.0 Å². The molecule has 6 N–H and O–H groups in total. The summed E-state index contributed by atoms with van der Waals surface area (Å²) < 4.78 is 28.5. The van der Waals surface area contributed by atoms with Crippen molar-refractivity contribution in [2.24, 2.45) is 5.84 Å². The van der Waals surface area contributed by atoms with Crippen LogP contribution in [0.25, 0.3) is 0 Å². The van der Waals surface area contributed by atoms with E-state index in [0.29, 0.717) is 5.69 Å². The molecule has 0 unspecified atom stereocenters. The fraction of sp³-hybridized carbons (Fsp3) is 0. The van der Waals surface area contributed by atoms with Crippen LogP contribution in [-0.4, -0.2) is 28.4 Å². The number of urea groups is 1. The van der Waals surface area contributed by atoms with Gasteiger partial charge in [0.25, 0.3) is 0 Å². The predicted octanol–water partition coefficient (Wildman–Crippen LogP) is -1.76. The van der Waals surface area contributed by atoms with E-state index >= 15 is 0 Å². The van der Waals surface area contributed by atoms with Crippen LogP contribution in [0.3, 0.4) is 0 Å². The second-order valence-electron chi connectivity index (χ2n) is 2.69. The maximum atomic E-state index is 10.9. The second-order valence-corrected chi connectivity index (χ2v) is 6.06. The van der Waals surface area contributed by atoms with Crippen LogP contribution in [0, 0.1) is 0 Å². The van der Waals surface area contributed by atoms with Gasteiger partial charge in [0.15, 0.2) is 0 Å². The summed E-state index contributed by atoms with van der Waals surface area (Å²) in [5, 5.41) is 2.35. The first kappa shape index (κ1) is 11.8. The molecular formula is C7H10AsN3O4. The van der Waals surface area contributed by atoms with Crippen molar-refractivity contribution in [3.8, 4) is 0 Å². The van der Waals surface area contributed by atoms with Crippen molar-refractivity contribution >= 4 is 30.2 Å². The zero-order chi connectivity index (χ0) is 11.5. The summed E-state index contributed by atoms with van der Waals surface area (Å²) in [6.45, 7) is 0. The van der Waals surface area contributed by atoms with Gasteiger partial charge in [0.1, 0.15) is 0 Å². The van der Waals surface area contributed by atoms with Crippen LogP contribution in [0.15, 0.2) is 24.3 Å². The summed E-state index contributed by atoms with van der Waals surface area (Å²) in [5.41, 5.74) is 2.25. The Bertz CT molecular complexity index is 399. The van der Waals surface area contributed by atoms with Crippen molar-refractivity contribution in [1.82, 2.24) is 5.43 Å². The van der Waals surface area contributed by atoms with Crippen molar-refractivity contribution in [1.29, 1.82) is 0 Å². The molecule has 1 rings (SSSR count). The van der Waals surface area contributed by atoms with Crippen LogP contribution in [0.5, 0.6) is 0 Å². The first-order valence-electron chi connectivity index (χ1n) is 3.87. The van der Waals surface area contributed by atoms with Gasteiger partial charge < -0.3 is 0 Å². The van der Waals surface area contributed by atoms with Crippen molar-refractivity contribution in [3.05, 3.63) is 24.3 Å². The van der Waals surface area contributed by atoms with Crippen molar-refractivity contribution < 1.29 is 16.7 Å². The zero-order valence-electron chi connectivity index (χ0n) is 7.54. The summed E-state index contributed by atoms with van der Waals surface area (Å²) in [7, 11) is 0. The Morgan fingerprint density at radius 3 is 2.20 bits per heavy atom. The van der Waals surface area contributed by atoms with Crippen LogP contribution in [0.1, 0.15) is 0 Å². The zero-order valence-corrected chi connectivity index (χ0v) is 9.42. The van der Waals surface area contributed by atoms with Gasteiger partial charge in [-0.2, -0.15) is 0 Å². The van der Waals surface area contributed by atoms with E-state index < -0.39 is 20.2 Å². The predicted molar refractivity (Wildman–Crippen MR) is 53.3 cm³/mol. The normalized spacial score (nSPS) is 10.9. The molecular weight excluding hydrogens is 265 g/mol. The minimum atomic E-state index is -4.83. The van der Waals surface area contributed by atoms with Crippen LogP contribution >= 0.6 is 0 Å². The van der Waals surface area contributed by atoms with E-state index in [-0.39, 0.29) is 4.35 Å². The average molecular weight is 275 g/mol. The number of nitrogens with one attached hydrogen (secondary N) is 2. The van der Waals surface area contributed by atoms with Gasteiger partial charge in [-0.05, 0) is 0 Å². The summed E-state index contributed by atoms with van der Waals surface area (Å²) >= 11 is -4.83. The van der Waals surface area contributed by atoms with Gasteiger partial charge in [-0.3, -0.25) is 0 Å². The molecule has 0 aliphatic heterocycles. The summed E-state index contributed by atoms with van der Waals surface area (Å²) in [6, 6.07) is 4.66. The van der Waals surface area contributed by atoms with E-state index in [1.807, 2.05) is 5.43 Å². The van der Waals surface area contributed by atoms with E-state index in [1.54, 1.807) is 0 Å². The Morgan fingerprint density at radius 2 is 1.80 bits per heavy atom. The van der Waals surface area contributed by atoms with Crippen molar-refractivity contribution in [2.75, 3.05) is 5.32 Å². The van der Waals surface area contributed by atoms with E-state index in [9.17, 15) is 8.53 Å². The van der Waals surface area contributed by atoms with Crippen LogP contribution in [-0.2, 0) is 3.74 Å². The molecule has 0 aliphatic rings. The number of rotatable bonds is 2. The molecule has 0 spiro atoms. The number of benzene rings is 1. The van der Waals surface area contributed by atoms with Gasteiger partial charge in [0.05, 0.1) is 0 Å². The quantitative estimate of drug-likeness (QED) is 0.189. The Kier molecular flexibility index (Phi) is 3.54. The van der Waals surface area contributed by atoms with Gasteiger partial charge in [-0.1, -0.05) is 0 Å². The van der Waals surface area contributed by atoms with Crippen molar-refractivity contribution in [3.63, 3.8) is 0 Å². The fourth-order valence-corrected chi connectivity index (χ4v) is 2.03. The Morgan fingerprint density at radius 1 is 1.27 bits per heavy atom. The Labute approximate surface area is 88.3 Å². The molecule has 15 heavy (non-hydrogen) atoms. The fourth-order valence-electron chi connectivity index (χ4n) is 0.906. The monoisotopic (exact) mass is 275 g/mol. The molecule has 82 valence electrons. The molecule has 0 fully saturated rings. The standard InChI is InChI=1S/C7H10AsN3O4/c9-11-7(12)10-6-3-1-5(2-4-6)8(13,14)15/h1-4H,9H2,(H2,10,11,12)(H2,13,14,15). The molecule has 1 aromatic carbocycles. The van der Waals surface area contributed by atoms with Gasteiger partial charge >= 0.3 is 87.8 Å². The number of nitrogens with two attached hydrogens (primary N) is 1. The minimum absolute atomic E-state index is 0.0492. The van der Waals surface area contributed by atoms with Crippen LogP contribution < -0.4 is 20.9 Å². The third-order valence-corrected chi connectivity index (χ3v) is 3.63. The molecule has 0 atom stereocenters. The van der Waals surface area contributed by atoms with E-state index in [2.05, 4.69) is 5.32 Å². The maximum absolute atomic E-state index is 10.9. The van der Waals surface area contributed by atoms with Crippen LogP contribution in [0.4, 0.5) is 10.5 Å². The molecule has 0 bridgehead atoms. The third-order valence-electron chi connectivity index (χ3n) is 1.59. The number of anilines is 1. The first-order valence-corrected chi connectivity index (χ1v) is 7.25. The van der Waals surface area contributed by atoms with Gasteiger partial charge in [0, 0.05) is 0 Å². The van der Waals surface area contributed by atoms with Gasteiger partial charge in [0.2, 0.25) is 0 Å². The number of amides is 2. The summed E-state index contributed by atoms with van der Waals surface area (Å²) in [4.78, 5) is 10.8. The van der Waals surface area contributed by atoms with Gasteiger partial charge in [-0.25, -0.2) is 0 Å². The molecule has 0 aliphatic carbocycles. The number of hydrogen-bond acceptors (Lipinski definition) is 3. The summed E-state index contributed by atoms with van der Waals surface area (Å²) in [5.74, 6) is 4.84. The SMILES string of the molecule is NNC(=O)Nc1ccc([As](=O)(O)O)cc1. The molecule has 8 heteroatoms. The number of carbonyl (C=O) groups excluding carboxylic acids is 1. The summed E-state index contributed by atoms with van der Waals surface area (Å²) in [6.07, 6.45) is 0. The third kappa shape index (κ3) is 3.41. The molecule has 0 aromatic heterocycles. The van der Waals surface area contributed by atoms with Crippen LogP contribution in [0.2, 0.25) is 0 Å². The average Bonchev–Trinajstić information content (AvgIpc) is 2.17. The molecule has 0 heterocycles. The molecule has 7 nitrogen and oxygen atoms in total. The number of hydrogen-bond donors (Lipinski definition) is 5. The number of carbonyl (C=O) groups is 1. The molecule has 0 radical (unpaired) electrons.